The van der Waals surface area contributed by atoms with E-state index in [1.54, 1.807) is 6.07 Å². The van der Waals surface area contributed by atoms with E-state index in [2.05, 4.69) is 6.58 Å². The molecule has 1 aromatic heterocycles. The van der Waals surface area contributed by atoms with Gasteiger partial charge in [0.15, 0.2) is 0 Å². The van der Waals surface area contributed by atoms with Crippen molar-refractivity contribution in [3.63, 3.8) is 0 Å². The fourth-order valence-electron chi connectivity index (χ4n) is 3.48. The molecule has 5 nitrogen and oxygen atoms in total. The van der Waals surface area contributed by atoms with Gasteiger partial charge in [0, 0.05) is 18.4 Å². The molecule has 0 saturated heterocycles. The van der Waals surface area contributed by atoms with Crippen LogP contribution >= 0.6 is 0 Å². The van der Waals surface area contributed by atoms with E-state index in [-0.39, 0.29) is 18.0 Å². The number of carbonyl (C=O) groups is 2. The highest BCUT2D eigenvalue weighted by atomic mass is 16.5. The molecule has 138 valence electrons. The number of carbonyl (C=O) groups excluding carboxylic acids is 2. The van der Waals surface area contributed by atoms with Crippen LogP contribution in [0.15, 0.2) is 39.9 Å². The van der Waals surface area contributed by atoms with Crippen LogP contribution in [-0.2, 0) is 20.7 Å². The Morgan fingerprint density at radius 3 is 2.81 bits per heavy atom. The molecule has 0 fully saturated rings. The van der Waals surface area contributed by atoms with Crippen molar-refractivity contribution in [2.24, 2.45) is 5.92 Å². The maximum Gasteiger partial charge on any atom is 0.341 e. The SMILES string of the molecule is C=C(C)[C@@H]1CCC2=C[C@H](C/C(C)=C/c3cc(C(=O)OC)c(o3)C1)OC2=O. The smallest absolute Gasteiger partial charge is 0.341 e. The fourth-order valence-corrected chi connectivity index (χ4v) is 3.48. The van der Waals surface area contributed by atoms with Gasteiger partial charge >= 0.3 is 11.9 Å². The predicted molar refractivity (Wildman–Crippen MR) is 97.5 cm³/mol. The summed E-state index contributed by atoms with van der Waals surface area (Å²) in [6.45, 7) is 7.98. The molecule has 26 heavy (non-hydrogen) atoms. The van der Waals surface area contributed by atoms with E-state index in [1.165, 1.54) is 7.11 Å². The lowest BCUT2D eigenvalue weighted by atomic mass is 9.89. The standard InChI is InChI=1S/C21H24O5/c1-12(2)14-5-6-15-9-16(26-20(15)22)7-13(3)8-17-11-18(21(23)24-4)19(10-14)25-17/h8-9,11,14,16H,1,5-7,10H2,2-4H3/b13-8+/t14-,16+/m1/s1. The zero-order valence-electron chi connectivity index (χ0n) is 15.5. The van der Waals surface area contributed by atoms with Crippen LogP contribution in [0.25, 0.3) is 6.08 Å². The molecular formula is C21H24O5. The number of fused-ring (bicyclic) bond motifs is 3. The van der Waals surface area contributed by atoms with Crippen molar-refractivity contribution in [2.75, 3.05) is 7.11 Å². The molecule has 0 radical (unpaired) electrons. The lowest BCUT2D eigenvalue weighted by Crippen LogP contribution is -2.11. The van der Waals surface area contributed by atoms with Crippen molar-refractivity contribution >= 4 is 18.0 Å². The Kier molecular flexibility index (Phi) is 5.16. The summed E-state index contributed by atoms with van der Waals surface area (Å²) in [4.78, 5) is 24.2. The van der Waals surface area contributed by atoms with Crippen molar-refractivity contribution in [1.82, 2.24) is 0 Å². The highest BCUT2D eigenvalue weighted by molar-refractivity contribution is 5.91. The predicted octanol–water partition coefficient (Wildman–Crippen LogP) is 4.24. The summed E-state index contributed by atoms with van der Waals surface area (Å²) in [6.07, 6.45) is 6.07. The normalized spacial score (nSPS) is 25.0. The van der Waals surface area contributed by atoms with Crippen molar-refractivity contribution in [1.29, 1.82) is 0 Å². The lowest BCUT2D eigenvalue weighted by Gasteiger charge is -2.16. The first-order valence-corrected chi connectivity index (χ1v) is 8.82. The second-order valence-corrected chi connectivity index (χ2v) is 7.09. The Morgan fingerprint density at radius 2 is 2.12 bits per heavy atom. The monoisotopic (exact) mass is 356 g/mol. The summed E-state index contributed by atoms with van der Waals surface area (Å²) >= 11 is 0. The number of hydrogen-bond donors (Lipinski definition) is 0. The van der Waals surface area contributed by atoms with Gasteiger partial charge in [-0.15, -0.1) is 0 Å². The van der Waals surface area contributed by atoms with Crippen LogP contribution in [0.2, 0.25) is 0 Å². The van der Waals surface area contributed by atoms with Gasteiger partial charge < -0.3 is 13.9 Å². The second-order valence-electron chi connectivity index (χ2n) is 7.09. The number of rotatable bonds is 2. The van der Waals surface area contributed by atoms with Crippen LogP contribution in [0.3, 0.4) is 0 Å². The molecule has 0 N–H and O–H groups in total. The molecule has 2 aliphatic rings. The largest absolute Gasteiger partial charge is 0.465 e. The molecule has 0 spiro atoms. The zero-order valence-corrected chi connectivity index (χ0v) is 15.5. The van der Waals surface area contributed by atoms with Crippen LogP contribution < -0.4 is 0 Å². The number of furan rings is 1. The minimum absolute atomic E-state index is 0.0935. The van der Waals surface area contributed by atoms with Crippen LogP contribution in [0.5, 0.6) is 0 Å². The van der Waals surface area contributed by atoms with E-state index in [4.69, 9.17) is 13.9 Å². The number of allylic oxidation sites excluding steroid dienone is 1. The average molecular weight is 356 g/mol. The van der Waals surface area contributed by atoms with Crippen molar-refractivity contribution < 1.29 is 23.5 Å². The quantitative estimate of drug-likeness (QED) is 0.586. The van der Waals surface area contributed by atoms with Crippen LogP contribution in [0, 0.1) is 5.92 Å². The number of esters is 2. The Hall–Kier alpha value is -2.56. The molecule has 5 heteroatoms. The average Bonchev–Trinajstić information content (AvgIpc) is 3.13. The second kappa shape index (κ2) is 7.36. The third-order valence-corrected chi connectivity index (χ3v) is 4.94. The minimum Gasteiger partial charge on any atom is -0.465 e. The molecule has 3 rings (SSSR count). The van der Waals surface area contributed by atoms with Gasteiger partial charge in [-0.05, 0) is 50.8 Å². The van der Waals surface area contributed by atoms with Crippen molar-refractivity contribution in [2.45, 2.75) is 45.6 Å². The maximum absolute atomic E-state index is 12.1. The molecule has 3 heterocycles. The third kappa shape index (κ3) is 3.82. The number of methoxy groups -OCH3 is 1. The first-order valence-electron chi connectivity index (χ1n) is 8.82. The maximum atomic E-state index is 12.1. The van der Waals surface area contributed by atoms with E-state index < -0.39 is 5.97 Å². The molecule has 1 aromatic rings. The summed E-state index contributed by atoms with van der Waals surface area (Å²) in [6, 6.07) is 1.72. The summed E-state index contributed by atoms with van der Waals surface area (Å²) in [5, 5.41) is 0. The van der Waals surface area contributed by atoms with Crippen molar-refractivity contribution in [3.05, 3.63) is 52.5 Å². The summed E-state index contributed by atoms with van der Waals surface area (Å²) in [5.41, 5.74) is 3.17. The Balaban J connectivity index is 2.01. The lowest BCUT2D eigenvalue weighted by molar-refractivity contribution is -0.139. The van der Waals surface area contributed by atoms with Crippen molar-refractivity contribution in [3.8, 4) is 0 Å². The topological polar surface area (TPSA) is 65.7 Å². The van der Waals surface area contributed by atoms with Crippen LogP contribution in [0.4, 0.5) is 0 Å². The summed E-state index contributed by atoms with van der Waals surface area (Å²) in [5.74, 6) is 0.662. The van der Waals surface area contributed by atoms with Gasteiger partial charge in [-0.3, -0.25) is 0 Å². The summed E-state index contributed by atoms with van der Waals surface area (Å²) in [7, 11) is 1.36. The van der Waals surface area contributed by atoms with Gasteiger partial charge in [-0.1, -0.05) is 17.7 Å². The van der Waals surface area contributed by atoms with E-state index in [9.17, 15) is 9.59 Å². The molecule has 0 aliphatic carbocycles. The Morgan fingerprint density at radius 1 is 1.35 bits per heavy atom. The van der Waals surface area contributed by atoms with Crippen LogP contribution in [0.1, 0.15) is 55.0 Å². The van der Waals surface area contributed by atoms with Gasteiger partial charge in [0.25, 0.3) is 0 Å². The van der Waals surface area contributed by atoms with Gasteiger partial charge in [-0.2, -0.15) is 0 Å². The Bertz CT molecular complexity index is 808. The van der Waals surface area contributed by atoms with E-state index in [1.807, 2.05) is 26.0 Å². The van der Waals surface area contributed by atoms with Gasteiger partial charge in [-0.25, -0.2) is 9.59 Å². The first kappa shape index (κ1) is 18.2. The third-order valence-electron chi connectivity index (χ3n) is 4.94. The molecule has 2 atom stereocenters. The molecule has 0 saturated carbocycles. The zero-order chi connectivity index (χ0) is 18.8. The van der Waals surface area contributed by atoms with Gasteiger partial charge in [0.1, 0.15) is 23.2 Å². The molecule has 0 aromatic carbocycles. The minimum atomic E-state index is -0.407. The van der Waals surface area contributed by atoms with E-state index in [0.717, 1.165) is 23.1 Å². The van der Waals surface area contributed by atoms with E-state index >= 15 is 0 Å². The summed E-state index contributed by atoms with van der Waals surface area (Å²) < 4.78 is 16.3. The first-order chi connectivity index (χ1) is 12.4. The van der Waals surface area contributed by atoms with E-state index in [0.29, 0.717) is 36.3 Å². The molecule has 2 aliphatic heterocycles. The molecule has 4 bridgehead atoms. The highest BCUT2D eigenvalue weighted by Gasteiger charge is 2.28. The Labute approximate surface area is 153 Å². The van der Waals surface area contributed by atoms with Gasteiger partial charge in [0.2, 0.25) is 0 Å². The highest BCUT2D eigenvalue weighted by Crippen LogP contribution is 2.31. The molecule has 0 amide bonds. The molecule has 0 unspecified atom stereocenters. The number of hydrogen-bond acceptors (Lipinski definition) is 5. The fraction of sp³-hybridized carbons (Fsp3) is 0.429. The number of ether oxygens (including phenoxy) is 2. The van der Waals surface area contributed by atoms with Gasteiger partial charge in [0.05, 0.1) is 7.11 Å². The van der Waals surface area contributed by atoms with Crippen LogP contribution in [-0.4, -0.2) is 25.2 Å². The molecular weight excluding hydrogens is 332 g/mol.